The molecule has 1 saturated carbocycles. The third-order valence-electron chi connectivity index (χ3n) is 10.6. The largest absolute Gasteiger partial charge is 0.444 e. The molecule has 5 atom stereocenters. The summed E-state index contributed by atoms with van der Waals surface area (Å²) < 4.78 is 40.2. The number of hydrogen-bond donors (Lipinski definition) is 3. The summed E-state index contributed by atoms with van der Waals surface area (Å²) in [4.78, 5) is 71.9. The number of carbonyl (C=O) groups excluding carboxylic acids is 5. The minimum Gasteiger partial charge on any atom is -0.444 e. The lowest BCUT2D eigenvalue weighted by atomic mass is 10.0. The van der Waals surface area contributed by atoms with E-state index < -0.39 is 75.2 Å². The second-order valence-corrected chi connectivity index (χ2v) is 17.7. The summed E-state index contributed by atoms with van der Waals surface area (Å²) in [6, 6.07) is 11.6. The Labute approximate surface area is 322 Å². The van der Waals surface area contributed by atoms with E-state index >= 15 is 0 Å². The van der Waals surface area contributed by atoms with Crippen LogP contribution in [0.15, 0.2) is 65.6 Å². The van der Waals surface area contributed by atoms with Crippen molar-refractivity contribution < 1.29 is 41.9 Å². The van der Waals surface area contributed by atoms with Crippen LogP contribution in [0.2, 0.25) is 0 Å². The molecule has 0 radical (unpaired) electrons. The van der Waals surface area contributed by atoms with E-state index in [1.54, 1.807) is 37.8 Å². The Morgan fingerprint density at radius 3 is 2.44 bits per heavy atom. The van der Waals surface area contributed by atoms with Crippen LogP contribution in [0.3, 0.4) is 0 Å². The number of ether oxygens (including phenoxy) is 2. The van der Waals surface area contributed by atoms with E-state index in [4.69, 9.17) is 9.47 Å². The van der Waals surface area contributed by atoms with Gasteiger partial charge in [0.25, 0.3) is 15.9 Å². The molecule has 2 fully saturated rings. The molecular formula is C40H51N5O9S. The molecule has 3 N–H and O–H groups in total. The maximum absolute atomic E-state index is 14.4. The van der Waals surface area contributed by atoms with Gasteiger partial charge in [0.15, 0.2) is 0 Å². The Morgan fingerprint density at radius 2 is 1.71 bits per heavy atom. The molecule has 55 heavy (non-hydrogen) atoms. The Kier molecular flexibility index (Phi) is 11.6. The zero-order valence-electron chi connectivity index (χ0n) is 31.8. The first-order chi connectivity index (χ1) is 26.0. The number of fused-ring (bicyclic) bond motifs is 3. The molecule has 2 aromatic rings. The highest BCUT2D eigenvalue weighted by molar-refractivity contribution is 7.90. The molecule has 1 saturated heterocycles. The molecule has 4 aliphatic rings. The highest BCUT2D eigenvalue weighted by Gasteiger charge is 2.61. The van der Waals surface area contributed by atoms with Crippen LogP contribution in [0.1, 0.15) is 82.4 Å². The maximum Gasteiger partial charge on any atom is 0.410 e. The Hall–Kier alpha value is -4.92. The standard InChI is InChI=1S/C40H51N5O9S/c1-26-16-18-31(19-17-26)55(51,52)43-36(48)40-23-29(40)14-8-6-5-7-9-15-32(41-37(49)54-39(2,3)4)35(47)45-25-30(22-33(45)34(46)42-40)53-38(50)44-21-20-27-12-10-11-13-28(27)24-44/h8,10-14,16-19,29-30,32-33H,5-7,9,15,20-25H2,1-4H3,(H,41,49)(H,42,46)(H,43,48)/b14-8-/t29-,30+,32-,33-,40+/m0/s1. The number of aryl methyl sites for hydroxylation is 1. The summed E-state index contributed by atoms with van der Waals surface area (Å²) in [6.45, 7) is 7.60. The monoisotopic (exact) mass is 777 g/mol. The third-order valence-corrected chi connectivity index (χ3v) is 11.9. The van der Waals surface area contributed by atoms with Crippen LogP contribution in [-0.2, 0) is 46.8 Å². The van der Waals surface area contributed by atoms with Crippen molar-refractivity contribution in [1.29, 1.82) is 0 Å². The minimum absolute atomic E-state index is 0.0766. The summed E-state index contributed by atoms with van der Waals surface area (Å²) in [6.07, 6.45) is 5.22. The highest BCUT2D eigenvalue weighted by Crippen LogP contribution is 2.46. The van der Waals surface area contributed by atoms with Gasteiger partial charge in [0.2, 0.25) is 11.8 Å². The molecule has 0 aromatic heterocycles. The van der Waals surface area contributed by atoms with Gasteiger partial charge in [-0.2, -0.15) is 0 Å². The van der Waals surface area contributed by atoms with Crippen LogP contribution >= 0.6 is 0 Å². The molecule has 14 nitrogen and oxygen atoms in total. The van der Waals surface area contributed by atoms with Crippen molar-refractivity contribution in [2.24, 2.45) is 5.92 Å². The number of nitrogens with one attached hydrogen (secondary N) is 3. The van der Waals surface area contributed by atoms with Crippen LogP contribution in [0.5, 0.6) is 0 Å². The van der Waals surface area contributed by atoms with Crippen LogP contribution in [0, 0.1) is 12.8 Å². The van der Waals surface area contributed by atoms with Crippen molar-refractivity contribution in [1.82, 2.24) is 25.2 Å². The predicted octanol–water partition coefficient (Wildman–Crippen LogP) is 4.25. The van der Waals surface area contributed by atoms with Crippen molar-refractivity contribution in [3.63, 3.8) is 0 Å². The Morgan fingerprint density at radius 1 is 0.982 bits per heavy atom. The smallest absolute Gasteiger partial charge is 0.410 e. The molecule has 0 unspecified atom stereocenters. The number of sulfonamides is 1. The summed E-state index contributed by atoms with van der Waals surface area (Å²) in [5.41, 5.74) is 0.574. The molecular weight excluding hydrogens is 727 g/mol. The van der Waals surface area contributed by atoms with Crippen LogP contribution in [0.25, 0.3) is 0 Å². The lowest BCUT2D eigenvalue weighted by molar-refractivity contribution is -0.141. The number of alkyl carbamates (subject to hydrolysis) is 1. The lowest BCUT2D eigenvalue weighted by Crippen LogP contribution is -2.58. The quantitative estimate of drug-likeness (QED) is 0.374. The Bertz CT molecular complexity index is 1940. The highest BCUT2D eigenvalue weighted by atomic mass is 32.2. The fourth-order valence-corrected chi connectivity index (χ4v) is 8.51. The first-order valence-electron chi connectivity index (χ1n) is 19.0. The van der Waals surface area contributed by atoms with Gasteiger partial charge < -0.3 is 29.9 Å². The Balaban J connectivity index is 1.26. The van der Waals surface area contributed by atoms with E-state index in [1.165, 1.54) is 17.0 Å². The van der Waals surface area contributed by atoms with Crippen molar-refractivity contribution in [2.75, 3.05) is 13.1 Å². The molecule has 15 heteroatoms. The van der Waals surface area contributed by atoms with E-state index in [0.717, 1.165) is 29.5 Å². The number of nitrogens with zero attached hydrogens (tertiary/aromatic N) is 2. The molecule has 3 heterocycles. The van der Waals surface area contributed by atoms with Gasteiger partial charge in [-0.3, -0.25) is 14.4 Å². The van der Waals surface area contributed by atoms with Gasteiger partial charge in [0.1, 0.15) is 29.3 Å². The SMILES string of the molecule is Cc1ccc(S(=O)(=O)NC(=O)[C@@]23C[C@@H]2/C=C\CCCCC[C@H](NC(=O)OC(C)(C)C)C(=O)N2C[C@H](OC(=O)N4CCc5ccccc5C4)C[C@H]2C(=O)N3)cc1. The molecule has 6 rings (SSSR count). The number of amides is 5. The number of allylic oxidation sites excluding steroid dienone is 1. The number of carbonyl (C=O) groups is 5. The van der Waals surface area contributed by atoms with Gasteiger partial charge >= 0.3 is 12.2 Å². The van der Waals surface area contributed by atoms with E-state index in [9.17, 15) is 32.4 Å². The topological polar surface area (TPSA) is 181 Å². The van der Waals surface area contributed by atoms with Gasteiger partial charge in [0.05, 0.1) is 11.4 Å². The molecule has 0 spiro atoms. The van der Waals surface area contributed by atoms with Crippen LogP contribution in [-0.4, -0.2) is 90.5 Å². The van der Waals surface area contributed by atoms with E-state index in [0.29, 0.717) is 32.4 Å². The zero-order valence-corrected chi connectivity index (χ0v) is 32.7. The number of rotatable bonds is 5. The second kappa shape index (κ2) is 16.0. The first kappa shape index (κ1) is 39.8. The minimum atomic E-state index is -4.28. The molecule has 296 valence electrons. The average Bonchev–Trinajstić information content (AvgIpc) is 3.66. The predicted molar refractivity (Wildman–Crippen MR) is 202 cm³/mol. The summed E-state index contributed by atoms with van der Waals surface area (Å²) in [5, 5.41) is 5.53. The van der Waals surface area contributed by atoms with Crippen molar-refractivity contribution in [3.05, 3.63) is 77.4 Å². The average molecular weight is 778 g/mol. The van der Waals surface area contributed by atoms with E-state index in [2.05, 4.69) is 15.4 Å². The molecule has 1 aliphatic carbocycles. The lowest BCUT2D eigenvalue weighted by Gasteiger charge is -2.30. The second-order valence-electron chi connectivity index (χ2n) is 16.0. The van der Waals surface area contributed by atoms with Crippen LogP contribution < -0.4 is 15.4 Å². The van der Waals surface area contributed by atoms with Gasteiger partial charge in [-0.15, -0.1) is 0 Å². The fourth-order valence-electron chi connectivity index (χ4n) is 7.47. The molecule has 2 aromatic carbocycles. The van der Waals surface area contributed by atoms with Crippen LogP contribution in [0.4, 0.5) is 9.59 Å². The van der Waals surface area contributed by atoms with Gasteiger partial charge in [-0.25, -0.2) is 22.7 Å². The number of benzene rings is 2. The van der Waals surface area contributed by atoms with Crippen molar-refractivity contribution in [2.45, 2.75) is 120 Å². The summed E-state index contributed by atoms with van der Waals surface area (Å²) in [5.74, 6) is -2.66. The molecule has 0 bridgehead atoms. The zero-order chi connectivity index (χ0) is 39.5. The third kappa shape index (κ3) is 9.49. The summed E-state index contributed by atoms with van der Waals surface area (Å²) >= 11 is 0. The van der Waals surface area contributed by atoms with Gasteiger partial charge in [-0.1, -0.05) is 67.0 Å². The normalized spacial score (nSPS) is 26.5. The summed E-state index contributed by atoms with van der Waals surface area (Å²) in [7, 11) is -4.28. The van der Waals surface area contributed by atoms with E-state index in [-0.39, 0.29) is 30.7 Å². The van der Waals surface area contributed by atoms with Crippen molar-refractivity contribution >= 4 is 39.9 Å². The molecule has 5 amide bonds. The first-order valence-corrected chi connectivity index (χ1v) is 20.5. The maximum atomic E-state index is 14.4. The van der Waals surface area contributed by atoms with Crippen molar-refractivity contribution in [3.8, 4) is 0 Å². The van der Waals surface area contributed by atoms with Gasteiger partial charge in [0, 0.05) is 25.4 Å². The van der Waals surface area contributed by atoms with E-state index in [1.807, 2.05) is 43.3 Å². The fraction of sp³-hybridized carbons (Fsp3) is 0.525. The number of hydrogen-bond acceptors (Lipinski definition) is 9. The van der Waals surface area contributed by atoms with Gasteiger partial charge in [-0.05, 0) is 83.1 Å². The molecule has 3 aliphatic heterocycles.